The highest BCUT2D eigenvalue weighted by Crippen LogP contribution is 2.53. The van der Waals surface area contributed by atoms with Crippen molar-refractivity contribution < 1.29 is 18.3 Å². The number of amides is 1. The summed E-state index contributed by atoms with van der Waals surface area (Å²) in [6.07, 6.45) is 2.91. The van der Waals surface area contributed by atoms with Gasteiger partial charge in [0.2, 0.25) is 0 Å². The Kier molecular flexibility index (Phi) is 5.77. The van der Waals surface area contributed by atoms with Crippen LogP contribution in [0.3, 0.4) is 0 Å². The lowest BCUT2D eigenvalue weighted by Crippen LogP contribution is -2.48. The first-order chi connectivity index (χ1) is 16.5. The lowest BCUT2D eigenvalue weighted by Gasteiger charge is -2.44. The van der Waals surface area contributed by atoms with E-state index >= 15 is 0 Å². The smallest absolute Gasteiger partial charge is 0.408 e. The van der Waals surface area contributed by atoms with Gasteiger partial charge in [-0.2, -0.15) is 5.10 Å². The maximum atomic E-state index is 14.8. The van der Waals surface area contributed by atoms with E-state index in [1.165, 1.54) is 6.07 Å². The van der Waals surface area contributed by atoms with Gasteiger partial charge in [0.05, 0.1) is 17.9 Å². The number of alkyl carbamates (subject to hydrolysis) is 1. The molecule has 5 rings (SSSR count). The Hall–Kier alpha value is -2.75. The van der Waals surface area contributed by atoms with Gasteiger partial charge in [0.25, 0.3) is 0 Å². The van der Waals surface area contributed by atoms with Gasteiger partial charge < -0.3 is 15.0 Å². The van der Waals surface area contributed by atoms with Gasteiger partial charge in [0.1, 0.15) is 27.4 Å². The zero-order valence-corrected chi connectivity index (χ0v) is 21.7. The van der Waals surface area contributed by atoms with Crippen LogP contribution >= 0.6 is 15.9 Å². The fourth-order valence-electron chi connectivity index (χ4n) is 5.41. The molecule has 1 N–H and O–H groups in total. The summed E-state index contributed by atoms with van der Waals surface area (Å²) in [7, 11) is 0. The van der Waals surface area contributed by atoms with Crippen molar-refractivity contribution in [2.75, 3.05) is 18.0 Å². The van der Waals surface area contributed by atoms with Crippen molar-refractivity contribution in [1.82, 2.24) is 19.9 Å². The van der Waals surface area contributed by atoms with Crippen LogP contribution in [0.5, 0.6) is 0 Å². The molecule has 0 bridgehead atoms. The second-order valence-electron chi connectivity index (χ2n) is 10.5. The van der Waals surface area contributed by atoms with Crippen molar-refractivity contribution in [1.29, 1.82) is 0 Å². The molecule has 10 heteroatoms. The number of aromatic nitrogens is 3. The zero-order chi connectivity index (χ0) is 25.1. The molecular formula is C25H28BrF2N5O2. The zero-order valence-electron chi connectivity index (χ0n) is 20.2. The second kappa shape index (κ2) is 8.43. The first-order valence-corrected chi connectivity index (χ1v) is 12.5. The monoisotopic (exact) mass is 547 g/mol. The summed E-state index contributed by atoms with van der Waals surface area (Å²) in [5.74, 6) is -0.381. The van der Waals surface area contributed by atoms with E-state index in [1.54, 1.807) is 27.0 Å². The molecule has 1 fully saturated rings. The molecule has 35 heavy (non-hydrogen) atoms. The van der Waals surface area contributed by atoms with E-state index in [-0.39, 0.29) is 0 Å². The fourth-order valence-corrected chi connectivity index (χ4v) is 5.79. The number of nitrogens with one attached hydrogen (secondary N) is 1. The van der Waals surface area contributed by atoms with Gasteiger partial charge >= 0.3 is 6.09 Å². The Balaban J connectivity index is 1.45. The third kappa shape index (κ3) is 4.26. The molecular weight excluding hydrogens is 520 g/mol. The summed E-state index contributed by atoms with van der Waals surface area (Å²) in [5.41, 5.74) is 1.55. The number of hydrogen-bond donors (Lipinski definition) is 1. The number of anilines is 1. The van der Waals surface area contributed by atoms with Crippen LogP contribution in [0.15, 0.2) is 29.0 Å². The molecule has 0 saturated carbocycles. The number of nitrogens with zero attached hydrogens (tertiary/aromatic N) is 4. The molecule has 1 atom stereocenters. The van der Waals surface area contributed by atoms with E-state index < -0.39 is 34.8 Å². The Bertz CT molecular complexity index is 1310. The van der Waals surface area contributed by atoms with E-state index in [9.17, 15) is 13.6 Å². The molecule has 0 unspecified atom stereocenters. The minimum Gasteiger partial charge on any atom is -0.444 e. The van der Waals surface area contributed by atoms with Crippen LogP contribution in [0.4, 0.5) is 19.4 Å². The van der Waals surface area contributed by atoms with Crippen LogP contribution in [0, 0.1) is 24.0 Å². The summed E-state index contributed by atoms with van der Waals surface area (Å²) in [4.78, 5) is 19.7. The maximum Gasteiger partial charge on any atom is 0.408 e. The molecule has 3 aromatic rings. The quantitative estimate of drug-likeness (QED) is 0.459. The number of aryl methyl sites for hydroxylation is 1. The number of piperidine rings is 1. The first-order valence-electron chi connectivity index (χ1n) is 11.7. The number of benzene rings is 1. The molecule has 1 amide bonds. The Morgan fingerprint density at radius 3 is 2.66 bits per heavy atom. The van der Waals surface area contributed by atoms with Gasteiger partial charge in [0, 0.05) is 24.6 Å². The molecule has 2 aliphatic rings. The van der Waals surface area contributed by atoms with E-state index in [1.807, 2.05) is 17.5 Å². The van der Waals surface area contributed by atoms with E-state index in [4.69, 9.17) is 9.72 Å². The largest absolute Gasteiger partial charge is 0.444 e. The number of halogens is 3. The molecule has 1 aliphatic heterocycles. The fraction of sp³-hybridized carbons (Fsp3) is 0.480. The number of rotatable bonds is 2. The first kappa shape index (κ1) is 24.0. The topological polar surface area (TPSA) is 71.8 Å². The van der Waals surface area contributed by atoms with Crippen molar-refractivity contribution in [3.05, 3.63) is 57.5 Å². The lowest BCUT2D eigenvalue weighted by atomic mass is 9.72. The molecule has 1 spiro atoms. The maximum absolute atomic E-state index is 14.8. The second-order valence-corrected chi connectivity index (χ2v) is 11.3. The average molecular weight is 548 g/mol. The summed E-state index contributed by atoms with van der Waals surface area (Å²) in [5, 5.41) is 7.34. The van der Waals surface area contributed by atoms with E-state index in [0.29, 0.717) is 43.5 Å². The Labute approximate surface area is 211 Å². The van der Waals surface area contributed by atoms with Crippen molar-refractivity contribution in [2.45, 2.75) is 58.6 Å². The number of ether oxygens (including phenoxy) is 1. The summed E-state index contributed by atoms with van der Waals surface area (Å²) >= 11 is 3.55. The predicted molar refractivity (Wildman–Crippen MR) is 131 cm³/mol. The van der Waals surface area contributed by atoms with Crippen LogP contribution in [0.1, 0.15) is 56.5 Å². The van der Waals surface area contributed by atoms with Crippen LogP contribution in [0.2, 0.25) is 0 Å². The van der Waals surface area contributed by atoms with Gasteiger partial charge in [-0.05, 0) is 86.1 Å². The summed E-state index contributed by atoms with van der Waals surface area (Å²) in [6, 6.07) is 3.64. The molecule has 1 saturated heterocycles. The highest BCUT2D eigenvalue weighted by atomic mass is 79.9. The van der Waals surface area contributed by atoms with Crippen molar-refractivity contribution in [3.63, 3.8) is 0 Å². The molecule has 3 heterocycles. The van der Waals surface area contributed by atoms with Gasteiger partial charge in [-0.3, -0.25) is 0 Å². The van der Waals surface area contributed by atoms with Crippen LogP contribution in [-0.4, -0.2) is 39.4 Å². The van der Waals surface area contributed by atoms with Crippen molar-refractivity contribution >= 4 is 33.4 Å². The minimum atomic E-state index is -0.684. The SMILES string of the molecule is Cc1nc(N2CCC3(CC2)Cc2c(F)cc(F)cc2[C@H]3NC(=O)OC(C)(C)C)c2ccnn2c1Br. The standard InChI is InChI=1S/C25H28BrF2N5O2/c1-14-21(26)33-19(5-8-29-33)22(30-14)32-9-6-25(7-10-32)13-17-16(11-15(27)12-18(17)28)20(25)31-23(34)35-24(2,3)4/h5,8,11-12,20H,6-7,9-10,13H2,1-4H3,(H,31,34)/t20-/m1/s1. The third-order valence-corrected chi connectivity index (χ3v) is 7.91. The average Bonchev–Trinajstić information content (AvgIpc) is 3.36. The number of hydrogen-bond acceptors (Lipinski definition) is 5. The van der Waals surface area contributed by atoms with Crippen molar-refractivity contribution in [3.8, 4) is 0 Å². The van der Waals surface area contributed by atoms with Gasteiger partial charge in [0.15, 0.2) is 5.82 Å². The highest BCUT2D eigenvalue weighted by Gasteiger charge is 2.50. The Morgan fingerprint density at radius 2 is 1.97 bits per heavy atom. The van der Waals surface area contributed by atoms with E-state index in [0.717, 1.165) is 27.7 Å². The Morgan fingerprint density at radius 1 is 1.26 bits per heavy atom. The normalized spacial score (nSPS) is 19.3. The number of carbonyl (C=O) groups excluding carboxylic acids is 1. The molecule has 2 aromatic heterocycles. The van der Waals surface area contributed by atoms with Crippen LogP contribution < -0.4 is 10.2 Å². The van der Waals surface area contributed by atoms with E-state index in [2.05, 4.69) is 31.2 Å². The lowest BCUT2D eigenvalue weighted by molar-refractivity contribution is 0.0428. The summed E-state index contributed by atoms with van der Waals surface area (Å²) < 4.78 is 37.2. The van der Waals surface area contributed by atoms with Crippen molar-refractivity contribution in [2.24, 2.45) is 5.41 Å². The molecule has 1 aromatic carbocycles. The molecule has 7 nitrogen and oxygen atoms in total. The van der Waals surface area contributed by atoms with Gasteiger partial charge in [-0.15, -0.1) is 0 Å². The number of fused-ring (bicyclic) bond motifs is 2. The van der Waals surface area contributed by atoms with Crippen LogP contribution in [-0.2, 0) is 11.2 Å². The molecule has 1 aliphatic carbocycles. The van der Waals surface area contributed by atoms with Gasteiger partial charge in [-0.1, -0.05) is 0 Å². The minimum absolute atomic E-state index is 0.428. The third-order valence-electron chi connectivity index (χ3n) is 7.00. The molecule has 186 valence electrons. The number of carbonyl (C=O) groups is 1. The highest BCUT2D eigenvalue weighted by molar-refractivity contribution is 9.10. The predicted octanol–water partition coefficient (Wildman–Crippen LogP) is 5.49. The molecule has 0 radical (unpaired) electrons. The summed E-state index contributed by atoms with van der Waals surface area (Å²) in [6.45, 7) is 8.58. The van der Waals surface area contributed by atoms with Crippen LogP contribution in [0.25, 0.3) is 5.52 Å². The van der Waals surface area contributed by atoms with Gasteiger partial charge in [-0.25, -0.2) is 23.1 Å².